The number of hydrazine groups is 1. The molecule has 0 aromatic carbocycles. The molecule has 2 rings (SSSR count). The predicted molar refractivity (Wildman–Crippen MR) is 66.5 cm³/mol. The van der Waals surface area contributed by atoms with Gasteiger partial charge in [-0.15, -0.1) is 0 Å². The fourth-order valence-electron chi connectivity index (χ4n) is 1.27. The first-order valence-corrected chi connectivity index (χ1v) is 5.27. The van der Waals surface area contributed by atoms with Crippen molar-refractivity contribution in [3.63, 3.8) is 0 Å². The van der Waals surface area contributed by atoms with Gasteiger partial charge in [0.1, 0.15) is 0 Å². The second-order valence-electron chi connectivity index (χ2n) is 3.34. The van der Waals surface area contributed by atoms with Gasteiger partial charge in [-0.05, 0) is 18.2 Å². The molecule has 0 spiro atoms. The number of hydrogen-bond donors (Lipinski definition) is 3. The fraction of sp³-hybridized carbons (Fsp3) is 0.0909. The van der Waals surface area contributed by atoms with E-state index in [4.69, 9.17) is 0 Å². The third-order valence-corrected chi connectivity index (χ3v) is 2.13. The number of anilines is 1. The number of urea groups is 1. The van der Waals surface area contributed by atoms with Crippen LogP contribution in [0.25, 0.3) is 11.3 Å². The lowest BCUT2D eigenvalue weighted by Gasteiger charge is -2.07. The minimum atomic E-state index is -0.370. The zero-order valence-electron chi connectivity index (χ0n) is 9.71. The molecule has 0 bridgehead atoms. The number of carbonyl (C=O) groups is 1. The largest absolute Gasteiger partial charge is 0.340 e. The van der Waals surface area contributed by atoms with Crippen LogP contribution in [-0.4, -0.2) is 28.0 Å². The highest BCUT2D eigenvalue weighted by Crippen LogP contribution is 2.15. The van der Waals surface area contributed by atoms with Crippen LogP contribution in [0.5, 0.6) is 0 Å². The summed E-state index contributed by atoms with van der Waals surface area (Å²) in [4.78, 5) is 23.2. The van der Waals surface area contributed by atoms with Gasteiger partial charge < -0.3 is 5.32 Å². The summed E-state index contributed by atoms with van der Waals surface area (Å²) >= 11 is 0. The molecule has 0 radical (unpaired) electrons. The minimum Gasteiger partial charge on any atom is -0.340 e. The van der Waals surface area contributed by atoms with Crippen molar-refractivity contribution in [3.05, 3.63) is 36.8 Å². The minimum absolute atomic E-state index is 0.306. The van der Waals surface area contributed by atoms with Crippen molar-refractivity contribution in [3.8, 4) is 11.3 Å². The summed E-state index contributed by atoms with van der Waals surface area (Å²) in [5.41, 5.74) is 6.59. The van der Waals surface area contributed by atoms with E-state index in [1.165, 1.54) is 7.05 Å². The Balaban J connectivity index is 2.13. The van der Waals surface area contributed by atoms with E-state index in [0.717, 1.165) is 11.3 Å². The van der Waals surface area contributed by atoms with Gasteiger partial charge >= 0.3 is 6.03 Å². The third kappa shape index (κ3) is 2.91. The first-order valence-electron chi connectivity index (χ1n) is 5.27. The molecule has 0 saturated carbocycles. The van der Waals surface area contributed by atoms with Crippen LogP contribution in [0.1, 0.15) is 0 Å². The number of carbonyl (C=O) groups excluding carboxylic acids is 1. The second-order valence-corrected chi connectivity index (χ2v) is 3.34. The summed E-state index contributed by atoms with van der Waals surface area (Å²) in [6.45, 7) is 0. The van der Waals surface area contributed by atoms with Crippen LogP contribution in [0.15, 0.2) is 36.8 Å². The van der Waals surface area contributed by atoms with Gasteiger partial charge in [0.05, 0.1) is 5.69 Å². The average molecular weight is 244 g/mol. The molecule has 2 amide bonds. The first kappa shape index (κ1) is 11.8. The van der Waals surface area contributed by atoms with Crippen molar-refractivity contribution in [2.45, 2.75) is 0 Å². The van der Waals surface area contributed by atoms with Crippen molar-refractivity contribution in [1.82, 2.24) is 25.7 Å². The van der Waals surface area contributed by atoms with Crippen molar-refractivity contribution in [2.75, 3.05) is 12.5 Å². The molecule has 0 fully saturated rings. The normalized spacial score (nSPS) is 9.61. The lowest BCUT2D eigenvalue weighted by molar-refractivity contribution is 0.244. The van der Waals surface area contributed by atoms with Gasteiger partial charge in [-0.1, -0.05) is 0 Å². The van der Waals surface area contributed by atoms with E-state index < -0.39 is 0 Å². The molecular weight excluding hydrogens is 232 g/mol. The molecule has 7 heteroatoms. The average Bonchev–Trinajstić information content (AvgIpc) is 2.46. The Morgan fingerprint density at radius 3 is 2.89 bits per heavy atom. The van der Waals surface area contributed by atoms with E-state index in [1.54, 1.807) is 24.7 Å². The maximum atomic E-state index is 11.0. The highest BCUT2D eigenvalue weighted by atomic mass is 16.2. The van der Waals surface area contributed by atoms with E-state index in [2.05, 4.69) is 31.1 Å². The molecule has 7 nitrogen and oxygen atoms in total. The molecule has 0 atom stereocenters. The molecule has 3 N–H and O–H groups in total. The van der Waals surface area contributed by atoms with Crippen LogP contribution in [-0.2, 0) is 0 Å². The summed E-state index contributed by atoms with van der Waals surface area (Å²) in [6.07, 6.45) is 5.00. The molecule has 0 aliphatic carbocycles. The fourth-order valence-corrected chi connectivity index (χ4v) is 1.27. The van der Waals surface area contributed by atoms with Gasteiger partial charge in [0.15, 0.2) is 0 Å². The molecule has 0 aliphatic heterocycles. The zero-order valence-corrected chi connectivity index (χ0v) is 9.71. The van der Waals surface area contributed by atoms with E-state index >= 15 is 0 Å². The van der Waals surface area contributed by atoms with Gasteiger partial charge in [-0.3, -0.25) is 10.4 Å². The Morgan fingerprint density at radius 1 is 1.28 bits per heavy atom. The van der Waals surface area contributed by atoms with Crippen LogP contribution in [0.2, 0.25) is 0 Å². The summed E-state index contributed by atoms with van der Waals surface area (Å²) in [5.74, 6) is 0.306. The summed E-state index contributed by atoms with van der Waals surface area (Å²) in [5, 5.41) is 2.40. The highest BCUT2D eigenvalue weighted by molar-refractivity contribution is 5.74. The predicted octanol–water partition coefficient (Wildman–Crippen LogP) is 0.794. The number of amides is 2. The zero-order chi connectivity index (χ0) is 12.8. The van der Waals surface area contributed by atoms with Crippen molar-refractivity contribution in [1.29, 1.82) is 0 Å². The molecule has 0 unspecified atom stereocenters. The van der Waals surface area contributed by atoms with Crippen LogP contribution in [0.3, 0.4) is 0 Å². The molecule has 0 aliphatic rings. The van der Waals surface area contributed by atoms with Crippen LogP contribution < -0.4 is 16.2 Å². The van der Waals surface area contributed by atoms with Crippen molar-refractivity contribution >= 4 is 12.0 Å². The van der Waals surface area contributed by atoms with Gasteiger partial charge in [-0.2, -0.15) is 0 Å². The Labute approximate surface area is 104 Å². The van der Waals surface area contributed by atoms with Gasteiger partial charge in [0.2, 0.25) is 5.95 Å². The summed E-state index contributed by atoms with van der Waals surface area (Å²) in [7, 11) is 1.52. The monoisotopic (exact) mass is 244 g/mol. The smallest absolute Gasteiger partial charge is 0.333 e. The van der Waals surface area contributed by atoms with E-state index in [9.17, 15) is 4.79 Å². The number of pyridine rings is 1. The highest BCUT2D eigenvalue weighted by Gasteiger charge is 2.02. The van der Waals surface area contributed by atoms with Crippen LogP contribution in [0, 0.1) is 0 Å². The lowest BCUT2D eigenvalue weighted by atomic mass is 10.2. The van der Waals surface area contributed by atoms with E-state index in [1.807, 2.05) is 12.1 Å². The van der Waals surface area contributed by atoms with E-state index in [0.29, 0.717) is 5.95 Å². The molecule has 2 aromatic heterocycles. The number of nitrogens with zero attached hydrogens (tertiary/aromatic N) is 3. The number of hydrogen-bond acceptors (Lipinski definition) is 5. The Morgan fingerprint density at radius 2 is 2.17 bits per heavy atom. The Hall–Kier alpha value is -2.70. The van der Waals surface area contributed by atoms with Crippen molar-refractivity contribution < 1.29 is 4.79 Å². The third-order valence-electron chi connectivity index (χ3n) is 2.13. The first-order chi connectivity index (χ1) is 8.79. The summed E-state index contributed by atoms with van der Waals surface area (Å²) < 4.78 is 0. The van der Waals surface area contributed by atoms with Gasteiger partial charge in [-0.25, -0.2) is 20.2 Å². The Kier molecular flexibility index (Phi) is 3.65. The number of rotatable bonds is 3. The molecule has 18 heavy (non-hydrogen) atoms. The molecular formula is C11H12N6O. The molecule has 2 aromatic rings. The molecule has 0 saturated heterocycles. The van der Waals surface area contributed by atoms with Gasteiger partial charge in [0, 0.05) is 31.2 Å². The maximum absolute atomic E-state index is 11.0. The quantitative estimate of drug-likeness (QED) is 0.694. The SMILES string of the molecule is CNC(=O)NNc1nccc(-c2cccnc2)n1. The van der Waals surface area contributed by atoms with Gasteiger partial charge in [0.25, 0.3) is 0 Å². The maximum Gasteiger partial charge on any atom is 0.333 e. The van der Waals surface area contributed by atoms with E-state index in [-0.39, 0.29) is 6.03 Å². The van der Waals surface area contributed by atoms with Crippen LogP contribution in [0.4, 0.5) is 10.7 Å². The number of aromatic nitrogens is 3. The summed E-state index contributed by atoms with van der Waals surface area (Å²) in [6, 6.07) is 5.12. The number of nitrogens with one attached hydrogen (secondary N) is 3. The van der Waals surface area contributed by atoms with Crippen LogP contribution >= 0.6 is 0 Å². The second kappa shape index (κ2) is 5.58. The standard InChI is InChI=1S/C11H12N6O/c1-12-11(18)17-16-10-14-6-4-9(15-10)8-3-2-5-13-7-8/h2-7H,1H3,(H2,12,17,18)(H,14,15,16). The van der Waals surface area contributed by atoms with Crippen molar-refractivity contribution in [2.24, 2.45) is 0 Å². The Bertz CT molecular complexity index is 530. The topological polar surface area (TPSA) is 91.8 Å². The lowest BCUT2D eigenvalue weighted by Crippen LogP contribution is -2.37. The molecule has 2 heterocycles. The molecule has 92 valence electrons.